The quantitative estimate of drug-likeness (QED) is 0.361. The van der Waals surface area contributed by atoms with Crippen molar-refractivity contribution in [3.05, 3.63) is 0 Å². The van der Waals surface area contributed by atoms with Gasteiger partial charge in [-0.25, -0.2) is 0 Å². The topological polar surface area (TPSA) is 60.7 Å². The molecule has 9 heavy (non-hydrogen) atoms. The summed E-state index contributed by atoms with van der Waals surface area (Å²) in [6, 6.07) is 0. The van der Waals surface area contributed by atoms with Crippen molar-refractivity contribution in [1.82, 2.24) is 0 Å². The SMILES string of the molecule is OB(O)O.[Li][C](F)(F)F. The first kappa shape index (κ1) is 12.1. The number of rotatable bonds is 0. The van der Waals surface area contributed by atoms with Gasteiger partial charge in [-0.2, -0.15) is 0 Å². The van der Waals surface area contributed by atoms with Crippen LogP contribution in [0.4, 0.5) is 13.2 Å². The molecular formula is CH3BF3LiO3. The van der Waals surface area contributed by atoms with Gasteiger partial charge in [-0.15, -0.1) is 0 Å². The molecular weight excluding hydrogens is 135 g/mol. The minimum atomic E-state index is -4.00. The van der Waals surface area contributed by atoms with Gasteiger partial charge in [0.2, 0.25) is 0 Å². The monoisotopic (exact) mass is 138 g/mol. The molecule has 0 aromatic carbocycles. The molecule has 0 aromatic heterocycles. The second-order valence-electron chi connectivity index (χ2n) is 1.13. The number of hydrogen-bond donors (Lipinski definition) is 3. The van der Waals surface area contributed by atoms with E-state index in [0.29, 0.717) is 0 Å². The molecule has 0 aliphatic heterocycles. The molecule has 50 valence electrons. The summed E-state index contributed by atoms with van der Waals surface area (Å²) in [7, 11) is -2.17. The number of halogens is 3. The summed E-state index contributed by atoms with van der Waals surface area (Å²) in [5.74, 6) is 0. The van der Waals surface area contributed by atoms with E-state index in [1.165, 1.54) is 0 Å². The molecule has 0 saturated heterocycles. The summed E-state index contributed by atoms with van der Waals surface area (Å²) in [5, 5.41) is 21.5. The Balaban J connectivity index is 0. The van der Waals surface area contributed by atoms with Crippen LogP contribution in [0.5, 0.6) is 0 Å². The van der Waals surface area contributed by atoms with Gasteiger partial charge in [-0.05, 0) is 0 Å². The summed E-state index contributed by atoms with van der Waals surface area (Å²) in [5.41, 5.74) is 0. The molecule has 0 aliphatic carbocycles. The molecule has 3 N–H and O–H groups in total. The Morgan fingerprint density at radius 1 is 1.11 bits per heavy atom. The third kappa shape index (κ3) is 3030. The van der Waals surface area contributed by atoms with E-state index in [1.807, 2.05) is 0 Å². The molecule has 0 spiro atoms. The van der Waals surface area contributed by atoms with E-state index in [-0.39, 0.29) is 17.7 Å². The first-order chi connectivity index (χ1) is 3.73. The van der Waals surface area contributed by atoms with Crippen molar-refractivity contribution in [2.45, 2.75) is 4.85 Å². The summed E-state index contributed by atoms with van der Waals surface area (Å²) in [6.07, 6.45) is 0. The maximum atomic E-state index is 10.4. The fraction of sp³-hybridized carbons (Fsp3) is 1.00. The van der Waals surface area contributed by atoms with Gasteiger partial charge in [0.05, 0.1) is 0 Å². The van der Waals surface area contributed by atoms with E-state index in [9.17, 15) is 13.2 Å². The predicted molar refractivity (Wildman–Crippen MR) is 24.2 cm³/mol. The molecule has 0 amide bonds. The van der Waals surface area contributed by atoms with Gasteiger partial charge in [0, 0.05) is 0 Å². The van der Waals surface area contributed by atoms with Gasteiger partial charge < -0.3 is 15.1 Å². The second-order valence-corrected chi connectivity index (χ2v) is 1.13. The molecule has 0 atom stereocenters. The van der Waals surface area contributed by atoms with Crippen molar-refractivity contribution < 1.29 is 28.2 Å². The molecule has 0 saturated carbocycles. The van der Waals surface area contributed by atoms with E-state index >= 15 is 0 Å². The number of hydrogen-bond acceptors (Lipinski definition) is 3. The average molecular weight is 138 g/mol. The molecule has 0 aromatic rings. The van der Waals surface area contributed by atoms with Crippen molar-refractivity contribution in [2.24, 2.45) is 0 Å². The van der Waals surface area contributed by atoms with Crippen LogP contribution in [-0.2, 0) is 0 Å². The van der Waals surface area contributed by atoms with Crippen LogP contribution in [0.2, 0.25) is 0 Å². The molecule has 0 radical (unpaired) electrons. The van der Waals surface area contributed by atoms with Gasteiger partial charge in [-0.1, -0.05) is 0 Å². The van der Waals surface area contributed by atoms with Gasteiger partial charge in [-0.3, -0.25) is 0 Å². The van der Waals surface area contributed by atoms with Crippen LogP contribution in [-0.4, -0.2) is 45.0 Å². The second kappa shape index (κ2) is 5.14. The molecule has 0 aliphatic rings. The predicted octanol–water partition coefficient (Wildman–Crippen LogP) is -1.38. The first-order valence-electron chi connectivity index (χ1n) is 1.84. The van der Waals surface area contributed by atoms with E-state index in [2.05, 4.69) is 0 Å². The summed E-state index contributed by atoms with van der Waals surface area (Å²) >= 11 is 0.188. The summed E-state index contributed by atoms with van der Waals surface area (Å²) < 4.78 is 31.1. The van der Waals surface area contributed by atoms with Crippen LogP contribution in [0.15, 0.2) is 0 Å². The number of alkyl halides is 3. The van der Waals surface area contributed by atoms with E-state index in [4.69, 9.17) is 15.1 Å². The van der Waals surface area contributed by atoms with Crippen molar-refractivity contribution in [3.8, 4) is 0 Å². The third-order valence-corrected chi connectivity index (χ3v) is 0. The van der Waals surface area contributed by atoms with Gasteiger partial charge in [0.25, 0.3) is 0 Å². The molecule has 0 heterocycles. The molecule has 0 unspecified atom stereocenters. The maximum absolute atomic E-state index is 10.4. The van der Waals surface area contributed by atoms with Crippen molar-refractivity contribution >= 4 is 25.0 Å². The van der Waals surface area contributed by atoms with E-state index in [1.54, 1.807) is 0 Å². The Kier molecular flexibility index (Phi) is 6.89. The Morgan fingerprint density at radius 3 is 1.11 bits per heavy atom. The molecule has 0 fully saturated rings. The Morgan fingerprint density at radius 2 is 1.11 bits per heavy atom. The zero-order chi connectivity index (χ0) is 8.08. The van der Waals surface area contributed by atoms with Gasteiger partial charge in [0.1, 0.15) is 0 Å². The Labute approximate surface area is 58.9 Å². The zero-order valence-corrected chi connectivity index (χ0v) is 4.55. The fourth-order valence-corrected chi connectivity index (χ4v) is 0. The molecule has 0 bridgehead atoms. The molecule has 3 nitrogen and oxygen atoms in total. The van der Waals surface area contributed by atoms with Crippen LogP contribution in [0.3, 0.4) is 0 Å². The standard InChI is InChI=1S/CF3.BH3O3.Li/c2*2-1(3)4;/h;2-4H;. The minimum absolute atomic E-state index is 0.188. The van der Waals surface area contributed by atoms with Crippen molar-refractivity contribution in [2.75, 3.05) is 0 Å². The average Bonchev–Trinajstić information content (AvgIpc) is 1.19. The van der Waals surface area contributed by atoms with Crippen LogP contribution in [0.1, 0.15) is 0 Å². The third-order valence-electron chi connectivity index (χ3n) is 0. The first-order valence-corrected chi connectivity index (χ1v) is 1.84. The summed E-state index contributed by atoms with van der Waals surface area (Å²) in [4.78, 5) is -4.00. The molecule has 8 heteroatoms. The summed E-state index contributed by atoms with van der Waals surface area (Å²) in [6.45, 7) is 0. The van der Waals surface area contributed by atoms with Crippen molar-refractivity contribution in [3.63, 3.8) is 0 Å². The van der Waals surface area contributed by atoms with Crippen molar-refractivity contribution in [1.29, 1.82) is 0 Å². The Hall–Kier alpha value is 0.332. The normalized spacial score (nSPS) is 9.78. The Bertz CT molecular complexity index is 55.8. The van der Waals surface area contributed by atoms with Crippen LogP contribution in [0.25, 0.3) is 0 Å². The molecule has 0 rings (SSSR count). The fourth-order valence-electron chi connectivity index (χ4n) is 0. The van der Waals surface area contributed by atoms with Gasteiger partial charge in [0.15, 0.2) is 0 Å². The van der Waals surface area contributed by atoms with E-state index in [0.717, 1.165) is 0 Å². The van der Waals surface area contributed by atoms with Crippen LogP contribution in [0, 0.1) is 0 Å². The van der Waals surface area contributed by atoms with Crippen LogP contribution < -0.4 is 0 Å². The van der Waals surface area contributed by atoms with Gasteiger partial charge >= 0.3 is 43.1 Å². The van der Waals surface area contributed by atoms with Crippen LogP contribution >= 0.6 is 0 Å². The zero-order valence-electron chi connectivity index (χ0n) is 4.55. The van der Waals surface area contributed by atoms with E-state index < -0.39 is 12.2 Å².